The molecule has 1 rings (SSSR count). The topological polar surface area (TPSA) is 103 Å². The van der Waals surface area contributed by atoms with E-state index in [0.29, 0.717) is 5.56 Å². The molecule has 2 N–H and O–H groups in total. The zero-order chi connectivity index (χ0) is 12.3. The van der Waals surface area contributed by atoms with E-state index in [1.807, 2.05) is 0 Å². The van der Waals surface area contributed by atoms with E-state index < -0.39 is 21.0 Å². The molecule has 1 unspecified atom stereocenters. The van der Waals surface area contributed by atoms with Gasteiger partial charge in [-0.2, -0.15) is 0 Å². The quantitative estimate of drug-likeness (QED) is 0.616. The van der Waals surface area contributed by atoms with Crippen molar-refractivity contribution in [3.63, 3.8) is 0 Å². The summed E-state index contributed by atoms with van der Waals surface area (Å²) >= 11 is 0. The van der Waals surface area contributed by atoms with Crippen molar-refractivity contribution in [2.24, 2.45) is 5.14 Å². The number of primary sulfonamides is 1. The first-order valence-corrected chi connectivity index (χ1v) is 6.11. The molecule has 6 nitrogen and oxygen atoms in total. The Morgan fingerprint density at radius 2 is 2.00 bits per heavy atom. The fourth-order valence-electron chi connectivity index (χ4n) is 1.34. The van der Waals surface area contributed by atoms with Crippen LogP contribution in [0.5, 0.6) is 0 Å². The van der Waals surface area contributed by atoms with Gasteiger partial charge in [0.25, 0.3) is 0 Å². The van der Waals surface area contributed by atoms with E-state index in [-0.39, 0.29) is 11.3 Å². The highest BCUT2D eigenvalue weighted by Gasteiger charge is 2.19. The molecule has 0 aliphatic carbocycles. The van der Waals surface area contributed by atoms with Gasteiger partial charge >= 0.3 is 0 Å². The summed E-state index contributed by atoms with van der Waals surface area (Å²) in [5, 5.41) is 15.5. The molecule has 0 spiro atoms. The van der Waals surface area contributed by atoms with Crippen LogP contribution in [0, 0.1) is 10.1 Å². The van der Waals surface area contributed by atoms with Crippen molar-refractivity contribution in [2.45, 2.75) is 24.3 Å². The highest BCUT2D eigenvalue weighted by Crippen LogP contribution is 2.16. The van der Waals surface area contributed by atoms with Gasteiger partial charge in [-0.3, -0.25) is 10.1 Å². The number of benzene rings is 1. The van der Waals surface area contributed by atoms with Gasteiger partial charge < -0.3 is 0 Å². The molecule has 0 bridgehead atoms. The number of hydrogen-bond acceptors (Lipinski definition) is 4. The van der Waals surface area contributed by atoms with Gasteiger partial charge in [-0.05, 0) is 11.6 Å². The number of hydrogen-bond donors (Lipinski definition) is 1. The van der Waals surface area contributed by atoms with Crippen LogP contribution in [-0.2, 0) is 16.4 Å². The van der Waals surface area contributed by atoms with E-state index in [4.69, 9.17) is 5.14 Å². The molecule has 0 aliphatic rings. The molecule has 88 valence electrons. The summed E-state index contributed by atoms with van der Waals surface area (Å²) in [4.78, 5) is 9.98. The largest absolute Gasteiger partial charge is 0.264 e. The summed E-state index contributed by atoms with van der Waals surface area (Å²) in [5.41, 5.74) is 0.370. The predicted octanol–water partition coefficient (Wildman–Crippen LogP) is 0.542. The number of nitrogens with two attached hydrogens (primary N) is 1. The lowest BCUT2D eigenvalue weighted by Gasteiger charge is -2.08. The average Bonchev–Trinajstić information content (AvgIpc) is 2.16. The number of nitro groups is 1. The monoisotopic (exact) mass is 244 g/mol. The molecule has 0 aliphatic heterocycles. The summed E-state index contributed by atoms with van der Waals surface area (Å²) < 4.78 is 22.4. The smallest absolute Gasteiger partial charge is 0.238 e. The Bertz CT molecular complexity index is 498. The predicted molar refractivity (Wildman–Crippen MR) is 58.0 cm³/mol. The minimum Gasteiger partial charge on any atom is -0.264 e. The fourth-order valence-corrected chi connectivity index (χ4v) is 2.13. The third kappa shape index (κ3) is 3.01. The van der Waals surface area contributed by atoms with Crippen molar-refractivity contribution in [2.75, 3.05) is 0 Å². The van der Waals surface area contributed by atoms with Crippen molar-refractivity contribution in [3.8, 4) is 0 Å². The van der Waals surface area contributed by atoms with Gasteiger partial charge in [-0.1, -0.05) is 18.2 Å². The Hall–Kier alpha value is -1.47. The molecule has 0 amide bonds. The first kappa shape index (κ1) is 12.6. The number of sulfonamides is 1. The Morgan fingerprint density at radius 3 is 2.50 bits per heavy atom. The maximum atomic E-state index is 11.2. The zero-order valence-corrected chi connectivity index (χ0v) is 9.48. The lowest BCUT2D eigenvalue weighted by molar-refractivity contribution is -0.517. The fraction of sp³-hybridized carbons (Fsp3) is 0.333. The highest BCUT2D eigenvalue weighted by atomic mass is 32.2. The Balaban J connectivity index is 3.10. The molecule has 1 aromatic rings. The van der Waals surface area contributed by atoms with Crippen LogP contribution in [0.2, 0.25) is 0 Å². The summed E-state index contributed by atoms with van der Waals surface area (Å²) in [6.45, 7) is 1.42. The van der Waals surface area contributed by atoms with Gasteiger partial charge in [0.05, 0.1) is 4.90 Å². The molecule has 0 fully saturated rings. The molecular weight excluding hydrogens is 232 g/mol. The molecule has 0 aromatic heterocycles. The number of nitrogens with zero attached hydrogens (tertiary/aromatic N) is 1. The Kier molecular flexibility index (Phi) is 3.61. The highest BCUT2D eigenvalue weighted by molar-refractivity contribution is 7.89. The average molecular weight is 244 g/mol. The van der Waals surface area contributed by atoms with Crippen LogP contribution in [0.25, 0.3) is 0 Å². The third-order valence-corrected chi connectivity index (χ3v) is 3.17. The van der Waals surface area contributed by atoms with Crippen LogP contribution >= 0.6 is 0 Å². The summed E-state index contributed by atoms with van der Waals surface area (Å²) in [5.74, 6) is 0. The Morgan fingerprint density at radius 1 is 1.44 bits per heavy atom. The maximum Gasteiger partial charge on any atom is 0.238 e. The Labute approximate surface area is 93.3 Å². The van der Waals surface area contributed by atoms with Crippen LogP contribution in [0.4, 0.5) is 0 Å². The van der Waals surface area contributed by atoms with Crippen LogP contribution < -0.4 is 5.14 Å². The standard InChI is InChI=1S/C9H12N2O4S/c1-7(11(12)13)6-8-4-2-3-5-9(8)16(10,14)15/h2-5,7H,6H2,1H3,(H2,10,14,15). The number of rotatable bonds is 4. The first-order valence-electron chi connectivity index (χ1n) is 4.56. The summed E-state index contributed by atoms with van der Waals surface area (Å²) in [6, 6.07) is 5.18. The molecule has 1 atom stereocenters. The van der Waals surface area contributed by atoms with Crippen LogP contribution in [0.3, 0.4) is 0 Å². The normalized spacial score (nSPS) is 13.4. The molecular formula is C9H12N2O4S. The van der Waals surface area contributed by atoms with Crippen LogP contribution in [-0.4, -0.2) is 19.4 Å². The van der Waals surface area contributed by atoms with Crippen LogP contribution in [0.15, 0.2) is 29.2 Å². The molecule has 16 heavy (non-hydrogen) atoms. The van der Waals surface area contributed by atoms with E-state index in [0.717, 1.165) is 0 Å². The minimum atomic E-state index is -3.83. The van der Waals surface area contributed by atoms with Gasteiger partial charge in [0.2, 0.25) is 16.1 Å². The van der Waals surface area contributed by atoms with E-state index >= 15 is 0 Å². The van der Waals surface area contributed by atoms with Gasteiger partial charge in [0.15, 0.2) is 0 Å². The molecule has 7 heteroatoms. The minimum absolute atomic E-state index is 0.0413. The summed E-state index contributed by atoms with van der Waals surface area (Å²) in [7, 11) is -3.83. The van der Waals surface area contributed by atoms with Gasteiger partial charge in [0, 0.05) is 18.3 Å². The lowest BCUT2D eigenvalue weighted by Crippen LogP contribution is -2.21. The van der Waals surface area contributed by atoms with E-state index in [2.05, 4.69) is 0 Å². The van der Waals surface area contributed by atoms with Crippen molar-refractivity contribution in [3.05, 3.63) is 39.9 Å². The summed E-state index contributed by atoms with van der Waals surface area (Å²) in [6.07, 6.45) is 0.0413. The molecule has 0 heterocycles. The molecule has 0 radical (unpaired) electrons. The maximum absolute atomic E-state index is 11.2. The second-order valence-corrected chi connectivity index (χ2v) is 5.02. The van der Waals surface area contributed by atoms with Gasteiger partial charge in [0.1, 0.15) is 0 Å². The SMILES string of the molecule is CC(Cc1ccccc1S(N)(=O)=O)[N+](=O)[O-]. The molecule has 1 aromatic carbocycles. The van der Waals surface area contributed by atoms with E-state index in [1.165, 1.54) is 25.1 Å². The second kappa shape index (κ2) is 4.58. The van der Waals surface area contributed by atoms with Crippen molar-refractivity contribution in [1.82, 2.24) is 0 Å². The second-order valence-electron chi connectivity index (χ2n) is 3.49. The molecule has 0 saturated heterocycles. The van der Waals surface area contributed by atoms with E-state index in [1.54, 1.807) is 6.07 Å². The van der Waals surface area contributed by atoms with Gasteiger partial charge in [-0.25, -0.2) is 13.6 Å². The van der Waals surface area contributed by atoms with Crippen molar-refractivity contribution < 1.29 is 13.3 Å². The molecule has 0 saturated carbocycles. The van der Waals surface area contributed by atoms with Crippen molar-refractivity contribution in [1.29, 1.82) is 0 Å². The van der Waals surface area contributed by atoms with Gasteiger partial charge in [-0.15, -0.1) is 0 Å². The van der Waals surface area contributed by atoms with Crippen LogP contribution in [0.1, 0.15) is 12.5 Å². The first-order chi connectivity index (χ1) is 7.32. The van der Waals surface area contributed by atoms with Crippen molar-refractivity contribution >= 4 is 10.0 Å². The lowest BCUT2D eigenvalue weighted by atomic mass is 10.1. The van der Waals surface area contributed by atoms with E-state index in [9.17, 15) is 18.5 Å². The third-order valence-electron chi connectivity index (χ3n) is 2.15. The zero-order valence-electron chi connectivity index (χ0n) is 8.66.